The lowest BCUT2D eigenvalue weighted by Gasteiger charge is -2.32. The molecule has 1 heterocycles. The second-order valence-electron chi connectivity index (χ2n) is 6.13. The molecule has 106 valence electrons. The maximum atomic E-state index is 6.12. The molecule has 0 aliphatic carbocycles. The number of fused-ring (bicyclic) bond motifs is 1. The zero-order chi connectivity index (χ0) is 13.9. The lowest BCUT2D eigenvalue weighted by atomic mass is 9.98. The molecule has 20 heavy (non-hydrogen) atoms. The first-order valence-electron chi connectivity index (χ1n) is 7.56. The summed E-state index contributed by atoms with van der Waals surface area (Å²) in [4.78, 5) is 0. The van der Waals surface area contributed by atoms with Gasteiger partial charge in [0.15, 0.2) is 0 Å². The van der Waals surface area contributed by atoms with E-state index in [2.05, 4.69) is 61.6 Å². The van der Waals surface area contributed by atoms with Gasteiger partial charge in [0.2, 0.25) is 0 Å². The monoisotopic (exact) mass is 269 g/mol. The molecule has 0 aromatic heterocycles. The Kier molecular flexibility index (Phi) is 4.04. The maximum Gasteiger partial charge on any atom is 0.0956 e. The molecule has 2 nitrogen and oxygen atoms in total. The highest BCUT2D eigenvalue weighted by atomic mass is 16.5. The smallest absolute Gasteiger partial charge is 0.0956 e. The Morgan fingerprint density at radius 2 is 1.95 bits per heavy atom. The Morgan fingerprint density at radius 3 is 2.70 bits per heavy atom. The van der Waals surface area contributed by atoms with Crippen molar-refractivity contribution < 1.29 is 4.74 Å². The molecule has 1 aliphatic heterocycles. The van der Waals surface area contributed by atoms with Gasteiger partial charge < -0.3 is 10.1 Å². The molecule has 1 saturated heterocycles. The summed E-state index contributed by atoms with van der Waals surface area (Å²) < 4.78 is 6.12. The Balaban J connectivity index is 1.77. The van der Waals surface area contributed by atoms with Crippen molar-refractivity contribution in [1.82, 2.24) is 5.32 Å². The van der Waals surface area contributed by atoms with Crippen LogP contribution in [-0.4, -0.2) is 19.2 Å². The minimum absolute atomic E-state index is 0.171. The number of hydrogen-bond donors (Lipinski definition) is 1. The van der Waals surface area contributed by atoms with Crippen LogP contribution in [-0.2, 0) is 4.74 Å². The number of rotatable bonds is 3. The quantitative estimate of drug-likeness (QED) is 0.912. The van der Waals surface area contributed by atoms with Crippen LogP contribution >= 0.6 is 0 Å². The van der Waals surface area contributed by atoms with E-state index in [4.69, 9.17) is 4.74 Å². The zero-order valence-corrected chi connectivity index (χ0v) is 12.3. The van der Waals surface area contributed by atoms with Gasteiger partial charge in [-0.05, 0) is 28.7 Å². The molecule has 1 aliphatic rings. The Labute approximate surface area is 121 Å². The van der Waals surface area contributed by atoms with Gasteiger partial charge in [0.1, 0.15) is 0 Å². The van der Waals surface area contributed by atoms with E-state index in [9.17, 15) is 0 Å². The van der Waals surface area contributed by atoms with Crippen LogP contribution in [0.25, 0.3) is 10.8 Å². The van der Waals surface area contributed by atoms with Gasteiger partial charge >= 0.3 is 0 Å². The van der Waals surface area contributed by atoms with Crippen molar-refractivity contribution in [3.63, 3.8) is 0 Å². The van der Waals surface area contributed by atoms with Gasteiger partial charge in [0.05, 0.1) is 12.7 Å². The van der Waals surface area contributed by atoms with E-state index in [1.54, 1.807) is 0 Å². The first-order valence-corrected chi connectivity index (χ1v) is 7.56. The number of nitrogens with one attached hydrogen (secondary N) is 1. The highest BCUT2D eigenvalue weighted by Gasteiger charge is 2.23. The number of benzene rings is 2. The number of ether oxygens (including phenoxy) is 1. The highest BCUT2D eigenvalue weighted by Crippen LogP contribution is 2.28. The second kappa shape index (κ2) is 5.94. The van der Waals surface area contributed by atoms with Crippen molar-refractivity contribution in [3.05, 3.63) is 48.0 Å². The summed E-state index contributed by atoms with van der Waals surface area (Å²) >= 11 is 0. The second-order valence-corrected chi connectivity index (χ2v) is 6.13. The molecule has 2 aromatic carbocycles. The number of hydrogen-bond acceptors (Lipinski definition) is 2. The third kappa shape index (κ3) is 2.87. The minimum Gasteiger partial charge on any atom is -0.371 e. The summed E-state index contributed by atoms with van der Waals surface area (Å²) in [6.45, 7) is 6.24. The van der Waals surface area contributed by atoms with Gasteiger partial charge in [-0.15, -0.1) is 0 Å². The van der Waals surface area contributed by atoms with Gasteiger partial charge in [0, 0.05) is 12.6 Å². The average molecular weight is 269 g/mol. The van der Waals surface area contributed by atoms with Crippen LogP contribution < -0.4 is 5.32 Å². The van der Waals surface area contributed by atoms with Crippen LogP contribution in [0.5, 0.6) is 0 Å². The van der Waals surface area contributed by atoms with Crippen molar-refractivity contribution in [2.75, 3.05) is 13.2 Å². The predicted molar refractivity (Wildman–Crippen MR) is 83.9 cm³/mol. The Morgan fingerprint density at radius 1 is 1.15 bits per heavy atom. The summed E-state index contributed by atoms with van der Waals surface area (Å²) in [7, 11) is 0. The minimum atomic E-state index is 0.171. The van der Waals surface area contributed by atoms with E-state index in [1.165, 1.54) is 22.8 Å². The third-order valence-corrected chi connectivity index (χ3v) is 4.02. The summed E-state index contributed by atoms with van der Waals surface area (Å²) in [6.07, 6.45) is 1.35. The van der Waals surface area contributed by atoms with E-state index in [-0.39, 0.29) is 6.10 Å². The van der Waals surface area contributed by atoms with E-state index in [0.717, 1.165) is 13.2 Å². The summed E-state index contributed by atoms with van der Waals surface area (Å²) in [5.41, 5.74) is 1.30. The van der Waals surface area contributed by atoms with Gasteiger partial charge in [-0.25, -0.2) is 0 Å². The Hall–Kier alpha value is -1.38. The van der Waals surface area contributed by atoms with Crippen molar-refractivity contribution in [1.29, 1.82) is 0 Å². The molecule has 2 unspecified atom stereocenters. The molecule has 0 spiro atoms. The van der Waals surface area contributed by atoms with Crippen molar-refractivity contribution in [2.45, 2.75) is 32.4 Å². The number of morpholine rings is 1. The molecule has 2 aromatic rings. The van der Waals surface area contributed by atoms with Crippen LogP contribution in [0.3, 0.4) is 0 Å². The normalized spacial score (nSPS) is 23.4. The molecule has 1 N–H and O–H groups in total. The highest BCUT2D eigenvalue weighted by molar-refractivity contribution is 5.86. The van der Waals surface area contributed by atoms with Crippen LogP contribution in [0.15, 0.2) is 42.5 Å². The van der Waals surface area contributed by atoms with Crippen LogP contribution in [0.1, 0.15) is 31.9 Å². The van der Waals surface area contributed by atoms with E-state index in [1.807, 2.05) is 0 Å². The SMILES string of the molecule is CC(C)CC1COC(c2cccc3ccccc23)CN1. The molecule has 3 rings (SSSR count). The van der Waals surface area contributed by atoms with Crippen LogP contribution in [0.4, 0.5) is 0 Å². The van der Waals surface area contributed by atoms with E-state index in [0.29, 0.717) is 12.0 Å². The summed E-state index contributed by atoms with van der Waals surface area (Å²) in [6, 6.07) is 15.5. The lowest BCUT2D eigenvalue weighted by Crippen LogP contribution is -2.43. The third-order valence-electron chi connectivity index (χ3n) is 4.02. The molecule has 2 heteroatoms. The molecule has 0 bridgehead atoms. The Bertz CT molecular complexity index is 565. The van der Waals surface area contributed by atoms with Crippen LogP contribution in [0, 0.1) is 5.92 Å². The first-order chi connectivity index (χ1) is 9.74. The fourth-order valence-electron chi connectivity index (χ4n) is 3.08. The summed E-state index contributed by atoms with van der Waals surface area (Å²) in [5, 5.41) is 6.24. The zero-order valence-electron chi connectivity index (χ0n) is 12.3. The fourth-order valence-corrected chi connectivity index (χ4v) is 3.08. The van der Waals surface area contributed by atoms with Gasteiger partial charge in [-0.1, -0.05) is 56.3 Å². The molecule has 0 radical (unpaired) electrons. The van der Waals surface area contributed by atoms with Crippen molar-refractivity contribution in [3.8, 4) is 0 Å². The molecule has 0 amide bonds. The van der Waals surface area contributed by atoms with Crippen molar-refractivity contribution in [2.24, 2.45) is 5.92 Å². The van der Waals surface area contributed by atoms with Crippen LogP contribution in [0.2, 0.25) is 0 Å². The van der Waals surface area contributed by atoms with E-state index >= 15 is 0 Å². The predicted octanol–water partition coefficient (Wildman–Crippen LogP) is 3.92. The fraction of sp³-hybridized carbons (Fsp3) is 0.444. The largest absolute Gasteiger partial charge is 0.371 e. The maximum absolute atomic E-state index is 6.12. The van der Waals surface area contributed by atoms with Crippen molar-refractivity contribution >= 4 is 10.8 Å². The van der Waals surface area contributed by atoms with Gasteiger partial charge in [0.25, 0.3) is 0 Å². The standard InChI is InChI=1S/C18H23NO/c1-13(2)10-15-12-20-18(11-19-15)17-9-5-7-14-6-3-4-8-16(14)17/h3-9,13,15,18-19H,10-12H2,1-2H3. The lowest BCUT2D eigenvalue weighted by molar-refractivity contribution is -0.000516. The molecule has 2 atom stereocenters. The molecular weight excluding hydrogens is 246 g/mol. The first kappa shape index (κ1) is 13.6. The van der Waals surface area contributed by atoms with Gasteiger partial charge in [-0.3, -0.25) is 0 Å². The summed E-state index contributed by atoms with van der Waals surface area (Å²) in [5.74, 6) is 0.713. The van der Waals surface area contributed by atoms with Gasteiger partial charge in [-0.2, -0.15) is 0 Å². The average Bonchev–Trinajstić information content (AvgIpc) is 2.47. The molecular formula is C18H23NO. The topological polar surface area (TPSA) is 21.3 Å². The van der Waals surface area contributed by atoms with E-state index < -0.39 is 0 Å². The molecule has 0 saturated carbocycles. The molecule has 1 fully saturated rings.